The Kier molecular flexibility index (Phi) is 4.17. The molecule has 0 spiro atoms. The van der Waals surface area contributed by atoms with Crippen molar-refractivity contribution in [1.82, 2.24) is 10.3 Å². The number of hydrogen-bond acceptors (Lipinski definition) is 3. The molecule has 1 N–H and O–H groups in total. The number of nitrogens with one attached hydrogen (secondary N) is 1. The lowest BCUT2D eigenvalue weighted by Crippen LogP contribution is -2.40. The maximum Gasteiger partial charge on any atom is 0.0820 e. The summed E-state index contributed by atoms with van der Waals surface area (Å²) < 4.78 is 5.86. The van der Waals surface area contributed by atoms with Gasteiger partial charge in [0.2, 0.25) is 0 Å². The summed E-state index contributed by atoms with van der Waals surface area (Å²) in [5.41, 5.74) is 1.91. The lowest BCUT2D eigenvalue weighted by molar-refractivity contribution is -0.0375. The summed E-state index contributed by atoms with van der Waals surface area (Å²) in [6.45, 7) is 6.93. The number of nitrogens with zero attached hydrogens (tertiary/aromatic N) is 1. The molecule has 0 saturated heterocycles. The van der Waals surface area contributed by atoms with Crippen LogP contribution in [0.2, 0.25) is 0 Å². The number of aromatic nitrogens is 1. The van der Waals surface area contributed by atoms with Crippen molar-refractivity contribution in [2.24, 2.45) is 0 Å². The third-order valence-electron chi connectivity index (χ3n) is 3.45. The summed E-state index contributed by atoms with van der Waals surface area (Å²) in [6.07, 6.45) is 1.93. The zero-order valence-electron chi connectivity index (χ0n) is 12.1. The van der Waals surface area contributed by atoms with Crippen molar-refractivity contribution >= 4 is 10.9 Å². The van der Waals surface area contributed by atoms with Gasteiger partial charge in [0, 0.05) is 18.2 Å². The molecule has 0 aliphatic heterocycles. The summed E-state index contributed by atoms with van der Waals surface area (Å²) in [4.78, 5) is 4.53. The Bertz CT molecular complexity index is 551. The van der Waals surface area contributed by atoms with Crippen LogP contribution < -0.4 is 5.32 Å². The Morgan fingerprint density at radius 1 is 1.32 bits per heavy atom. The van der Waals surface area contributed by atoms with E-state index >= 15 is 0 Å². The molecule has 0 aliphatic carbocycles. The van der Waals surface area contributed by atoms with Gasteiger partial charge in [-0.1, -0.05) is 18.2 Å². The van der Waals surface area contributed by atoms with Gasteiger partial charge in [0.25, 0.3) is 0 Å². The zero-order chi connectivity index (χ0) is 13.9. The molecular weight excluding hydrogens is 236 g/mol. The maximum absolute atomic E-state index is 5.86. The SMILES string of the molecule is CCOC(C)(C)C(NC)c1cnc2ccccc2c1. The van der Waals surface area contributed by atoms with Crippen molar-refractivity contribution in [1.29, 1.82) is 0 Å². The van der Waals surface area contributed by atoms with Crippen LogP contribution in [-0.4, -0.2) is 24.2 Å². The Labute approximate surface area is 115 Å². The molecule has 0 bridgehead atoms. The van der Waals surface area contributed by atoms with Crippen LogP contribution in [0.25, 0.3) is 10.9 Å². The molecule has 1 aromatic heterocycles. The van der Waals surface area contributed by atoms with E-state index < -0.39 is 0 Å². The van der Waals surface area contributed by atoms with Crippen molar-refractivity contribution in [3.05, 3.63) is 42.1 Å². The second kappa shape index (κ2) is 5.68. The molecule has 2 aromatic rings. The highest BCUT2D eigenvalue weighted by Crippen LogP contribution is 2.29. The van der Waals surface area contributed by atoms with Gasteiger partial charge in [-0.3, -0.25) is 4.98 Å². The molecule has 1 unspecified atom stereocenters. The molecular formula is C16H22N2O. The van der Waals surface area contributed by atoms with Crippen LogP contribution in [0.4, 0.5) is 0 Å². The molecule has 0 saturated carbocycles. The van der Waals surface area contributed by atoms with Gasteiger partial charge in [-0.25, -0.2) is 0 Å². The molecule has 0 radical (unpaired) electrons. The van der Waals surface area contributed by atoms with Crippen molar-refractivity contribution in [3.8, 4) is 0 Å². The molecule has 1 aromatic carbocycles. The Hall–Kier alpha value is -1.45. The third-order valence-corrected chi connectivity index (χ3v) is 3.45. The molecule has 0 aliphatic rings. The van der Waals surface area contributed by atoms with Gasteiger partial charge in [0.1, 0.15) is 0 Å². The van der Waals surface area contributed by atoms with Gasteiger partial charge in [-0.2, -0.15) is 0 Å². The quantitative estimate of drug-likeness (QED) is 0.893. The average molecular weight is 258 g/mol. The maximum atomic E-state index is 5.86. The second-order valence-electron chi connectivity index (χ2n) is 5.22. The lowest BCUT2D eigenvalue weighted by Gasteiger charge is -2.34. The van der Waals surface area contributed by atoms with E-state index in [1.165, 1.54) is 0 Å². The number of rotatable bonds is 5. The highest BCUT2D eigenvalue weighted by atomic mass is 16.5. The first-order chi connectivity index (χ1) is 9.08. The first kappa shape index (κ1) is 14.0. The summed E-state index contributed by atoms with van der Waals surface area (Å²) in [5.74, 6) is 0. The van der Waals surface area contributed by atoms with Crippen LogP contribution in [0.5, 0.6) is 0 Å². The molecule has 1 heterocycles. The largest absolute Gasteiger partial charge is 0.374 e. The normalized spacial score (nSPS) is 13.7. The van der Waals surface area contributed by atoms with Crippen LogP contribution in [0.1, 0.15) is 32.4 Å². The summed E-state index contributed by atoms with van der Waals surface area (Å²) in [5, 5.41) is 4.50. The zero-order valence-corrected chi connectivity index (χ0v) is 12.1. The van der Waals surface area contributed by atoms with E-state index in [1.54, 1.807) is 0 Å². The Morgan fingerprint density at radius 3 is 2.74 bits per heavy atom. The van der Waals surface area contributed by atoms with Crippen LogP contribution >= 0.6 is 0 Å². The fourth-order valence-corrected chi connectivity index (χ4v) is 2.62. The number of benzene rings is 1. The molecule has 3 nitrogen and oxygen atoms in total. The van der Waals surface area contributed by atoms with Crippen molar-refractivity contribution in [3.63, 3.8) is 0 Å². The minimum absolute atomic E-state index is 0.115. The van der Waals surface area contributed by atoms with Crippen molar-refractivity contribution in [2.75, 3.05) is 13.7 Å². The van der Waals surface area contributed by atoms with E-state index in [4.69, 9.17) is 4.74 Å². The first-order valence-electron chi connectivity index (χ1n) is 6.74. The number of pyridine rings is 1. The number of para-hydroxylation sites is 1. The highest BCUT2D eigenvalue weighted by molar-refractivity contribution is 5.78. The van der Waals surface area contributed by atoms with E-state index in [2.05, 4.69) is 36.3 Å². The third kappa shape index (κ3) is 2.94. The fourth-order valence-electron chi connectivity index (χ4n) is 2.62. The number of ether oxygens (including phenoxy) is 1. The number of hydrogen-bond donors (Lipinski definition) is 1. The van der Waals surface area contributed by atoms with Gasteiger partial charge in [-0.05, 0) is 45.5 Å². The Balaban J connectivity index is 2.40. The number of likely N-dealkylation sites (N-methyl/N-ethyl adjacent to an activating group) is 1. The lowest BCUT2D eigenvalue weighted by atomic mass is 9.92. The molecule has 2 rings (SSSR count). The first-order valence-corrected chi connectivity index (χ1v) is 6.74. The Morgan fingerprint density at radius 2 is 2.05 bits per heavy atom. The van der Waals surface area contributed by atoms with E-state index in [9.17, 15) is 0 Å². The van der Waals surface area contributed by atoms with Crippen molar-refractivity contribution in [2.45, 2.75) is 32.4 Å². The minimum Gasteiger partial charge on any atom is -0.374 e. The van der Waals surface area contributed by atoms with Crippen LogP contribution in [0.3, 0.4) is 0 Å². The second-order valence-corrected chi connectivity index (χ2v) is 5.22. The molecule has 19 heavy (non-hydrogen) atoms. The van der Waals surface area contributed by atoms with E-state index in [0.717, 1.165) is 16.5 Å². The van der Waals surface area contributed by atoms with Crippen LogP contribution in [0, 0.1) is 0 Å². The summed E-state index contributed by atoms with van der Waals surface area (Å²) in [6, 6.07) is 10.5. The standard InChI is InChI=1S/C16H22N2O/c1-5-19-16(2,3)15(17-4)13-10-12-8-6-7-9-14(12)18-11-13/h6-11,15,17H,5H2,1-4H3. The van der Waals surface area contributed by atoms with Gasteiger partial charge in [0.15, 0.2) is 0 Å². The highest BCUT2D eigenvalue weighted by Gasteiger charge is 2.30. The predicted molar refractivity (Wildman–Crippen MR) is 79.2 cm³/mol. The molecule has 3 heteroatoms. The number of fused-ring (bicyclic) bond motifs is 1. The minimum atomic E-state index is -0.270. The monoisotopic (exact) mass is 258 g/mol. The van der Waals surface area contributed by atoms with Crippen LogP contribution in [0.15, 0.2) is 36.5 Å². The molecule has 1 atom stereocenters. The van der Waals surface area contributed by atoms with Gasteiger partial charge in [0.05, 0.1) is 17.2 Å². The molecule has 0 amide bonds. The summed E-state index contributed by atoms with van der Waals surface area (Å²) in [7, 11) is 1.96. The fraction of sp³-hybridized carbons (Fsp3) is 0.438. The van der Waals surface area contributed by atoms with E-state index in [-0.39, 0.29) is 11.6 Å². The van der Waals surface area contributed by atoms with E-state index in [1.807, 2.05) is 38.4 Å². The van der Waals surface area contributed by atoms with Gasteiger partial charge in [-0.15, -0.1) is 0 Å². The molecule has 0 fully saturated rings. The predicted octanol–water partition coefficient (Wildman–Crippen LogP) is 3.31. The van der Waals surface area contributed by atoms with E-state index in [0.29, 0.717) is 6.61 Å². The van der Waals surface area contributed by atoms with Crippen molar-refractivity contribution < 1.29 is 4.74 Å². The average Bonchev–Trinajstić information content (AvgIpc) is 2.39. The molecule has 102 valence electrons. The van der Waals surface area contributed by atoms with Gasteiger partial charge < -0.3 is 10.1 Å². The van der Waals surface area contributed by atoms with Gasteiger partial charge >= 0.3 is 0 Å². The van der Waals surface area contributed by atoms with Crippen LogP contribution in [-0.2, 0) is 4.74 Å². The topological polar surface area (TPSA) is 34.1 Å². The smallest absolute Gasteiger partial charge is 0.0820 e. The summed E-state index contributed by atoms with van der Waals surface area (Å²) >= 11 is 0.